The van der Waals surface area contributed by atoms with Gasteiger partial charge in [0.05, 0.1) is 5.92 Å². The van der Waals surface area contributed by atoms with Crippen LogP contribution >= 0.6 is 0 Å². The summed E-state index contributed by atoms with van der Waals surface area (Å²) in [5.41, 5.74) is 0. The largest absolute Gasteiger partial charge is 0.393 e. The summed E-state index contributed by atoms with van der Waals surface area (Å²) in [5, 5.41) is 0. The quantitative estimate of drug-likeness (QED) is 0.370. The van der Waals surface area contributed by atoms with Crippen LogP contribution < -0.4 is 0 Å². The van der Waals surface area contributed by atoms with Gasteiger partial charge in [0.1, 0.15) is 0 Å². The maximum Gasteiger partial charge on any atom is 0.316 e. The number of rotatable bonds is 0. The molecule has 0 aromatic heterocycles. The van der Waals surface area contributed by atoms with Crippen molar-refractivity contribution in [3.63, 3.8) is 0 Å². The van der Waals surface area contributed by atoms with E-state index in [1.54, 1.807) is 6.92 Å². The number of carbonyl (C=O) groups is 2. The van der Waals surface area contributed by atoms with Gasteiger partial charge in [0.25, 0.3) is 0 Å². The Labute approximate surface area is 59.4 Å². The van der Waals surface area contributed by atoms with Crippen LogP contribution in [-0.2, 0) is 14.3 Å². The summed E-state index contributed by atoms with van der Waals surface area (Å²) in [5.74, 6) is -0.772. The Kier molecular flexibility index (Phi) is 1.74. The van der Waals surface area contributed by atoms with Gasteiger partial charge in [0.2, 0.25) is 0 Å². The first-order chi connectivity index (χ1) is 4.61. The van der Waals surface area contributed by atoms with E-state index in [9.17, 15) is 9.59 Å². The Balaban J connectivity index is 2.66. The van der Waals surface area contributed by atoms with E-state index in [1.807, 2.05) is 6.92 Å². The van der Waals surface area contributed by atoms with Gasteiger partial charge in [-0.1, -0.05) is 13.8 Å². The Bertz CT molecular complexity index is 174. The molecule has 0 bridgehead atoms. The highest BCUT2D eigenvalue weighted by atomic mass is 16.6. The molecule has 0 N–H and O–H groups in total. The zero-order valence-corrected chi connectivity index (χ0v) is 6.09. The molecule has 1 aliphatic rings. The van der Waals surface area contributed by atoms with E-state index in [-0.39, 0.29) is 17.8 Å². The average molecular weight is 142 g/mol. The first kappa shape index (κ1) is 7.25. The lowest BCUT2D eigenvalue weighted by Crippen LogP contribution is -2.31. The molecule has 0 aliphatic carbocycles. The minimum atomic E-state index is -0.393. The lowest BCUT2D eigenvalue weighted by atomic mass is 9.91. The number of esters is 2. The van der Waals surface area contributed by atoms with Crippen LogP contribution in [0.1, 0.15) is 20.3 Å². The smallest absolute Gasteiger partial charge is 0.316 e. The van der Waals surface area contributed by atoms with Crippen LogP contribution in [0.3, 0.4) is 0 Å². The normalized spacial score (nSPS) is 33.8. The summed E-state index contributed by atoms with van der Waals surface area (Å²) >= 11 is 0. The molecule has 0 aromatic carbocycles. The van der Waals surface area contributed by atoms with E-state index < -0.39 is 5.97 Å². The highest BCUT2D eigenvalue weighted by Gasteiger charge is 2.31. The van der Waals surface area contributed by atoms with Gasteiger partial charge in [-0.25, -0.2) is 0 Å². The van der Waals surface area contributed by atoms with Crippen molar-refractivity contribution in [1.82, 2.24) is 0 Å². The number of hydrogen-bond acceptors (Lipinski definition) is 3. The molecule has 0 aromatic rings. The van der Waals surface area contributed by atoms with Crippen LogP contribution in [0, 0.1) is 11.8 Å². The lowest BCUT2D eigenvalue weighted by Gasteiger charge is -2.21. The van der Waals surface area contributed by atoms with Crippen molar-refractivity contribution >= 4 is 11.9 Å². The first-order valence-electron chi connectivity index (χ1n) is 3.36. The minimum Gasteiger partial charge on any atom is -0.393 e. The van der Waals surface area contributed by atoms with Gasteiger partial charge in [-0.2, -0.15) is 0 Å². The molecule has 10 heavy (non-hydrogen) atoms. The summed E-state index contributed by atoms with van der Waals surface area (Å²) in [6.45, 7) is 3.66. The van der Waals surface area contributed by atoms with Crippen molar-refractivity contribution < 1.29 is 14.3 Å². The molecule has 0 radical (unpaired) electrons. The standard InChI is InChI=1S/C7H10O3/c1-4-3-6(8)10-7(9)5(4)2/h4-5H,3H2,1-2H3/t4-,5+/m0/s1. The summed E-state index contributed by atoms with van der Waals surface area (Å²) in [6, 6.07) is 0. The third-order valence-electron chi connectivity index (χ3n) is 1.93. The van der Waals surface area contributed by atoms with Gasteiger partial charge in [-0.15, -0.1) is 0 Å². The first-order valence-corrected chi connectivity index (χ1v) is 3.36. The zero-order chi connectivity index (χ0) is 7.72. The van der Waals surface area contributed by atoms with E-state index in [1.165, 1.54) is 0 Å². The van der Waals surface area contributed by atoms with Crippen molar-refractivity contribution in [2.75, 3.05) is 0 Å². The fourth-order valence-corrected chi connectivity index (χ4v) is 0.919. The predicted molar refractivity (Wildman–Crippen MR) is 34.0 cm³/mol. The van der Waals surface area contributed by atoms with E-state index >= 15 is 0 Å². The summed E-state index contributed by atoms with van der Waals surface area (Å²) in [7, 11) is 0. The average Bonchev–Trinajstić information content (AvgIpc) is 1.82. The van der Waals surface area contributed by atoms with E-state index in [0.717, 1.165) is 0 Å². The highest BCUT2D eigenvalue weighted by Crippen LogP contribution is 2.21. The van der Waals surface area contributed by atoms with Gasteiger partial charge in [-0.3, -0.25) is 9.59 Å². The number of cyclic esters (lactones) is 2. The SMILES string of the molecule is C[C@H]1CC(=O)OC(=O)[C@@H]1C. The van der Waals surface area contributed by atoms with Gasteiger partial charge in [0, 0.05) is 6.42 Å². The fraction of sp³-hybridized carbons (Fsp3) is 0.714. The summed E-state index contributed by atoms with van der Waals surface area (Å²) in [6.07, 6.45) is 0.368. The van der Waals surface area contributed by atoms with Crippen LogP contribution in [0.15, 0.2) is 0 Å². The van der Waals surface area contributed by atoms with Crippen LogP contribution in [-0.4, -0.2) is 11.9 Å². The minimum absolute atomic E-state index is 0.127. The third-order valence-corrected chi connectivity index (χ3v) is 1.93. The Morgan fingerprint density at radius 2 is 2.00 bits per heavy atom. The molecule has 3 nitrogen and oxygen atoms in total. The highest BCUT2D eigenvalue weighted by molar-refractivity contribution is 5.89. The molecule has 1 heterocycles. The molecule has 0 unspecified atom stereocenters. The molecule has 0 spiro atoms. The fourth-order valence-electron chi connectivity index (χ4n) is 0.919. The molecule has 1 aliphatic heterocycles. The van der Waals surface area contributed by atoms with Gasteiger partial charge in [0.15, 0.2) is 0 Å². The Morgan fingerprint density at radius 3 is 2.50 bits per heavy atom. The molecule has 0 saturated carbocycles. The van der Waals surface area contributed by atoms with Gasteiger partial charge in [-0.05, 0) is 5.92 Å². The lowest BCUT2D eigenvalue weighted by molar-refractivity contribution is -0.169. The van der Waals surface area contributed by atoms with Crippen molar-refractivity contribution in [3.05, 3.63) is 0 Å². The van der Waals surface area contributed by atoms with Crippen LogP contribution in [0.25, 0.3) is 0 Å². The summed E-state index contributed by atoms with van der Waals surface area (Å²) in [4.78, 5) is 21.4. The van der Waals surface area contributed by atoms with Gasteiger partial charge < -0.3 is 4.74 Å². The van der Waals surface area contributed by atoms with E-state index in [0.29, 0.717) is 6.42 Å². The Morgan fingerprint density at radius 1 is 1.40 bits per heavy atom. The molecular formula is C7H10O3. The van der Waals surface area contributed by atoms with E-state index in [2.05, 4.69) is 4.74 Å². The molecule has 0 amide bonds. The van der Waals surface area contributed by atoms with Crippen molar-refractivity contribution in [1.29, 1.82) is 0 Å². The van der Waals surface area contributed by atoms with Crippen LogP contribution in [0.4, 0.5) is 0 Å². The second kappa shape index (κ2) is 2.40. The molecular weight excluding hydrogens is 132 g/mol. The van der Waals surface area contributed by atoms with Crippen molar-refractivity contribution in [2.24, 2.45) is 11.8 Å². The Hall–Kier alpha value is -0.860. The van der Waals surface area contributed by atoms with Crippen LogP contribution in [0.5, 0.6) is 0 Å². The molecule has 2 atom stereocenters. The summed E-state index contributed by atoms with van der Waals surface area (Å²) < 4.78 is 4.39. The molecule has 1 saturated heterocycles. The zero-order valence-electron chi connectivity index (χ0n) is 6.09. The van der Waals surface area contributed by atoms with Gasteiger partial charge >= 0.3 is 11.9 Å². The molecule has 1 rings (SSSR count). The van der Waals surface area contributed by atoms with Crippen LogP contribution in [0.2, 0.25) is 0 Å². The number of hydrogen-bond donors (Lipinski definition) is 0. The van der Waals surface area contributed by atoms with Crippen molar-refractivity contribution in [2.45, 2.75) is 20.3 Å². The maximum absolute atomic E-state index is 10.8. The topological polar surface area (TPSA) is 43.4 Å². The van der Waals surface area contributed by atoms with E-state index in [4.69, 9.17) is 0 Å². The second-order valence-electron chi connectivity index (χ2n) is 2.76. The predicted octanol–water partition coefficient (Wildman–Crippen LogP) is 0.732. The maximum atomic E-state index is 10.8. The number of carbonyl (C=O) groups excluding carboxylic acids is 2. The third kappa shape index (κ3) is 1.17. The second-order valence-corrected chi connectivity index (χ2v) is 2.76. The monoisotopic (exact) mass is 142 g/mol. The molecule has 1 fully saturated rings. The van der Waals surface area contributed by atoms with Crippen molar-refractivity contribution in [3.8, 4) is 0 Å². The molecule has 56 valence electrons. The number of ether oxygens (including phenoxy) is 1. The molecule has 3 heteroatoms.